The lowest BCUT2D eigenvalue weighted by Crippen LogP contribution is -2.50. The molecule has 4 aliphatic heterocycles. The lowest BCUT2D eigenvalue weighted by Gasteiger charge is -2.36. The number of hydrogen-bond donors (Lipinski definition) is 0. The Morgan fingerprint density at radius 2 is 1.76 bits per heavy atom. The second kappa shape index (κ2) is 12.5. The minimum Gasteiger partial charge on any atom is -0.496 e. The third-order valence-electron chi connectivity index (χ3n) is 9.09. The van der Waals surface area contributed by atoms with E-state index in [2.05, 4.69) is 51.9 Å². The first-order chi connectivity index (χ1) is 19.9. The van der Waals surface area contributed by atoms with Crippen molar-refractivity contribution in [1.82, 2.24) is 14.7 Å². The molecule has 6 rings (SSSR count). The number of fused-ring (bicyclic) bond motifs is 3. The van der Waals surface area contributed by atoms with Crippen LogP contribution in [0.4, 0.5) is 4.39 Å². The van der Waals surface area contributed by atoms with Gasteiger partial charge in [-0.1, -0.05) is 35.9 Å². The van der Waals surface area contributed by atoms with Crippen LogP contribution in [0, 0.1) is 17.7 Å². The van der Waals surface area contributed by atoms with Gasteiger partial charge in [0.25, 0.3) is 0 Å². The molecule has 2 aromatic rings. The topological polar surface area (TPSA) is 49.8 Å². The van der Waals surface area contributed by atoms with Crippen molar-refractivity contribution in [3.63, 3.8) is 0 Å². The molecule has 4 heterocycles. The van der Waals surface area contributed by atoms with Crippen molar-refractivity contribution in [2.24, 2.45) is 17.0 Å². The molecule has 8 heteroatoms. The predicted octanol–water partition coefficient (Wildman–Crippen LogP) is 4.90. The average molecular weight is 563 g/mol. The summed E-state index contributed by atoms with van der Waals surface area (Å²) < 4.78 is 25.4. The SMILES string of the molecule is COc1cc2c(cc1CN1CCC(C)CC1)OCC1C2=NOC1CN1CCN(C/C(C)=C/c2ccc(F)cc2)CC1. The van der Waals surface area contributed by atoms with Gasteiger partial charge >= 0.3 is 0 Å². The fourth-order valence-corrected chi connectivity index (χ4v) is 6.54. The van der Waals surface area contributed by atoms with E-state index in [9.17, 15) is 4.39 Å². The van der Waals surface area contributed by atoms with Gasteiger partial charge in [0.2, 0.25) is 0 Å². The minimum atomic E-state index is -0.199. The Kier molecular flexibility index (Phi) is 8.60. The number of nitrogens with zero attached hydrogens (tertiary/aromatic N) is 4. The van der Waals surface area contributed by atoms with Crippen LogP contribution in [0.5, 0.6) is 11.5 Å². The van der Waals surface area contributed by atoms with Crippen LogP contribution in [0.3, 0.4) is 0 Å². The fraction of sp³-hybridized carbons (Fsp3) is 0.545. The molecule has 0 spiro atoms. The predicted molar refractivity (Wildman–Crippen MR) is 160 cm³/mol. The lowest BCUT2D eigenvalue weighted by molar-refractivity contribution is 0.0101. The molecular weight excluding hydrogens is 519 g/mol. The summed E-state index contributed by atoms with van der Waals surface area (Å²) in [5.74, 6) is 2.53. The third kappa shape index (κ3) is 6.60. The van der Waals surface area contributed by atoms with Gasteiger partial charge in [-0.2, -0.15) is 0 Å². The number of rotatable bonds is 8. The molecule has 41 heavy (non-hydrogen) atoms. The van der Waals surface area contributed by atoms with E-state index in [0.29, 0.717) is 6.61 Å². The molecule has 2 saturated heterocycles. The highest BCUT2D eigenvalue weighted by atomic mass is 19.1. The number of piperidine rings is 1. The maximum Gasteiger partial charge on any atom is 0.151 e. The summed E-state index contributed by atoms with van der Waals surface area (Å²) in [4.78, 5) is 13.5. The molecule has 2 fully saturated rings. The third-order valence-corrected chi connectivity index (χ3v) is 9.09. The van der Waals surface area contributed by atoms with Crippen molar-refractivity contribution < 1.29 is 18.7 Å². The first kappa shape index (κ1) is 28.2. The van der Waals surface area contributed by atoms with Gasteiger partial charge in [0, 0.05) is 56.9 Å². The molecule has 2 unspecified atom stereocenters. The number of hydrogen-bond acceptors (Lipinski definition) is 7. The number of methoxy groups -OCH3 is 1. The van der Waals surface area contributed by atoms with Gasteiger partial charge in [0.1, 0.15) is 29.6 Å². The first-order valence-electron chi connectivity index (χ1n) is 15.1. The molecule has 0 aromatic heterocycles. The van der Waals surface area contributed by atoms with Crippen molar-refractivity contribution >= 4 is 11.8 Å². The van der Waals surface area contributed by atoms with Gasteiger partial charge < -0.3 is 14.3 Å². The summed E-state index contributed by atoms with van der Waals surface area (Å²) >= 11 is 0. The Labute approximate surface area is 243 Å². The summed E-state index contributed by atoms with van der Waals surface area (Å²) in [6.07, 6.45) is 4.64. The van der Waals surface area contributed by atoms with Crippen molar-refractivity contribution in [1.29, 1.82) is 0 Å². The Morgan fingerprint density at radius 1 is 1.02 bits per heavy atom. The Morgan fingerprint density at radius 3 is 2.49 bits per heavy atom. The smallest absolute Gasteiger partial charge is 0.151 e. The zero-order valence-corrected chi connectivity index (χ0v) is 24.7. The highest BCUT2D eigenvalue weighted by Gasteiger charge is 2.41. The Balaban J connectivity index is 1.03. The minimum absolute atomic E-state index is 0.00850. The van der Waals surface area contributed by atoms with Crippen LogP contribution in [-0.4, -0.2) is 92.6 Å². The monoisotopic (exact) mass is 562 g/mol. The number of piperazine rings is 1. The summed E-state index contributed by atoms with van der Waals surface area (Å²) in [6.45, 7) is 14.0. The van der Waals surface area contributed by atoms with Crippen molar-refractivity contribution in [2.45, 2.75) is 39.3 Å². The van der Waals surface area contributed by atoms with E-state index in [-0.39, 0.29) is 17.8 Å². The van der Waals surface area contributed by atoms with Gasteiger partial charge in [-0.15, -0.1) is 0 Å². The van der Waals surface area contributed by atoms with Gasteiger partial charge in [0.05, 0.1) is 13.0 Å². The van der Waals surface area contributed by atoms with E-state index < -0.39 is 0 Å². The molecule has 220 valence electrons. The lowest BCUT2D eigenvalue weighted by atomic mass is 9.89. The molecule has 2 aromatic carbocycles. The highest BCUT2D eigenvalue weighted by molar-refractivity contribution is 6.06. The molecule has 0 N–H and O–H groups in total. The fourth-order valence-electron chi connectivity index (χ4n) is 6.54. The van der Waals surface area contributed by atoms with Crippen LogP contribution in [-0.2, 0) is 11.4 Å². The summed E-state index contributed by atoms with van der Waals surface area (Å²) in [5, 5.41) is 4.58. The van der Waals surface area contributed by atoms with Crippen molar-refractivity contribution in [2.75, 3.05) is 66.1 Å². The van der Waals surface area contributed by atoms with Crippen LogP contribution >= 0.6 is 0 Å². The van der Waals surface area contributed by atoms with Gasteiger partial charge in [0.15, 0.2) is 6.10 Å². The van der Waals surface area contributed by atoms with E-state index >= 15 is 0 Å². The van der Waals surface area contributed by atoms with Crippen molar-refractivity contribution in [3.8, 4) is 11.5 Å². The van der Waals surface area contributed by atoms with E-state index in [1.807, 2.05) is 12.1 Å². The van der Waals surface area contributed by atoms with Crippen LogP contribution in [0.25, 0.3) is 6.08 Å². The Bertz CT molecular complexity index is 1260. The zero-order valence-electron chi connectivity index (χ0n) is 24.7. The van der Waals surface area contributed by atoms with Crippen LogP contribution in [0.1, 0.15) is 43.4 Å². The molecule has 0 bridgehead atoms. The molecule has 0 saturated carbocycles. The van der Waals surface area contributed by atoms with Gasteiger partial charge in [-0.05, 0) is 68.6 Å². The normalized spacial score (nSPS) is 24.3. The molecule has 0 amide bonds. The molecule has 0 radical (unpaired) electrons. The average Bonchev–Trinajstić information content (AvgIpc) is 3.39. The number of oxime groups is 1. The highest BCUT2D eigenvalue weighted by Crippen LogP contribution is 2.39. The summed E-state index contributed by atoms with van der Waals surface area (Å²) in [7, 11) is 1.75. The maximum absolute atomic E-state index is 13.2. The number of ether oxygens (including phenoxy) is 2. The van der Waals surface area contributed by atoms with E-state index in [1.165, 1.54) is 36.1 Å². The van der Waals surface area contributed by atoms with Crippen LogP contribution < -0.4 is 9.47 Å². The molecule has 2 atom stereocenters. The molecule has 0 aliphatic carbocycles. The molecular formula is C33H43FN4O3. The molecule has 7 nitrogen and oxygen atoms in total. The van der Waals surface area contributed by atoms with Crippen molar-refractivity contribution in [3.05, 3.63) is 64.5 Å². The van der Waals surface area contributed by atoms with E-state index in [0.717, 1.165) is 93.2 Å². The van der Waals surface area contributed by atoms with E-state index in [4.69, 9.17) is 14.3 Å². The number of likely N-dealkylation sites (tertiary alicyclic amines) is 1. The zero-order chi connectivity index (χ0) is 28.3. The second-order valence-electron chi connectivity index (χ2n) is 12.3. The second-order valence-corrected chi connectivity index (χ2v) is 12.3. The van der Waals surface area contributed by atoms with E-state index in [1.54, 1.807) is 7.11 Å². The standard InChI is InChI=1S/C33H43FN4O3/c1-23-8-10-36(11-9-23)20-26-17-31-28(18-30(26)39-3)33-29(22-40-31)32(41-35-33)21-38-14-12-37(13-15-38)19-24(2)16-25-4-6-27(34)7-5-25/h4-7,16-18,23,29,32H,8-15,19-22H2,1-3H3/b24-16+. The van der Waals surface area contributed by atoms with Gasteiger partial charge in [-0.25, -0.2) is 4.39 Å². The number of halogens is 1. The summed E-state index contributed by atoms with van der Waals surface area (Å²) in [5.41, 5.74) is 5.50. The largest absolute Gasteiger partial charge is 0.496 e. The Hall–Kier alpha value is -2.94. The molecule has 4 aliphatic rings. The number of benzene rings is 2. The van der Waals surface area contributed by atoms with Crippen LogP contribution in [0.15, 0.2) is 47.1 Å². The maximum atomic E-state index is 13.2. The summed E-state index contributed by atoms with van der Waals surface area (Å²) in [6, 6.07) is 10.9. The quantitative estimate of drug-likeness (QED) is 0.456. The first-order valence-corrected chi connectivity index (χ1v) is 15.1. The van der Waals surface area contributed by atoms with Gasteiger partial charge in [-0.3, -0.25) is 14.7 Å². The van der Waals surface area contributed by atoms with Crippen LogP contribution in [0.2, 0.25) is 0 Å².